The summed E-state index contributed by atoms with van der Waals surface area (Å²) in [6.45, 7) is 4.50. The Hall–Kier alpha value is -2.09. The summed E-state index contributed by atoms with van der Waals surface area (Å²) in [4.78, 5) is 12.3. The number of hydrogen-bond acceptors (Lipinski definition) is 2. The molecule has 0 aromatic heterocycles. The molecule has 2 aromatic carbocycles. The van der Waals surface area contributed by atoms with Gasteiger partial charge >= 0.3 is 5.97 Å². The van der Waals surface area contributed by atoms with Gasteiger partial charge in [-0.3, -0.25) is 4.79 Å². The first-order valence-corrected chi connectivity index (χ1v) is 13.6. The number of carbonyl (C=O) groups is 1. The third kappa shape index (κ3) is 8.32. The molecule has 0 aliphatic carbocycles. The van der Waals surface area contributed by atoms with Crippen LogP contribution in [0.3, 0.4) is 0 Å². The molecule has 2 aromatic rings. The molecule has 0 radical (unpaired) electrons. The van der Waals surface area contributed by atoms with Crippen molar-refractivity contribution >= 4 is 5.97 Å². The van der Waals surface area contributed by atoms with Crippen LogP contribution >= 0.6 is 0 Å². The lowest BCUT2D eigenvalue weighted by Gasteiger charge is -2.11. The van der Waals surface area contributed by atoms with Gasteiger partial charge in [0, 0.05) is 6.42 Å². The van der Waals surface area contributed by atoms with Crippen molar-refractivity contribution in [1.82, 2.24) is 0 Å². The van der Waals surface area contributed by atoms with Gasteiger partial charge in [0.1, 0.15) is 6.10 Å². The molecule has 2 heteroatoms. The van der Waals surface area contributed by atoms with Gasteiger partial charge in [0.05, 0.1) is 5.92 Å². The van der Waals surface area contributed by atoms with Crippen LogP contribution in [0.25, 0.3) is 11.1 Å². The van der Waals surface area contributed by atoms with Crippen LogP contribution in [0.5, 0.6) is 0 Å². The van der Waals surface area contributed by atoms with E-state index in [0.717, 1.165) is 24.8 Å². The average molecular weight is 449 g/mol. The molecular weight excluding hydrogens is 404 g/mol. The number of benzene rings is 2. The zero-order valence-electron chi connectivity index (χ0n) is 21.0. The molecule has 0 spiro atoms. The summed E-state index contributed by atoms with van der Waals surface area (Å²) in [6, 6.07) is 17.7. The molecule has 0 saturated carbocycles. The quantitative estimate of drug-likeness (QED) is 0.200. The summed E-state index contributed by atoms with van der Waals surface area (Å²) in [6.07, 6.45) is 17.2. The fourth-order valence-corrected chi connectivity index (χ4v) is 4.94. The summed E-state index contributed by atoms with van der Waals surface area (Å²) in [5.74, 6) is 0.0796. The predicted octanol–water partition coefficient (Wildman–Crippen LogP) is 9.22. The molecule has 1 fully saturated rings. The van der Waals surface area contributed by atoms with E-state index in [9.17, 15) is 4.79 Å². The highest BCUT2D eigenvalue weighted by atomic mass is 16.6. The van der Waals surface area contributed by atoms with E-state index < -0.39 is 0 Å². The van der Waals surface area contributed by atoms with Gasteiger partial charge in [-0.2, -0.15) is 0 Å². The minimum atomic E-state index is -0.0769. The topological polar surface area (TPSA) is 26.3 Å². The van der Waals surface area contributed by atoms with Crippen LogP contribution in [0.15, 0.2) is 48.5 Å². The first-order valence-electron chi connectivity index (χ1n) is 13.6. The fraction of sp³-hybridized carbons (Fsp3) is 0.581. The second kappa shape index (κ2) is 14.2. The van der Waals surface area contributed by atoms with Gasteiger partial charge in [-0.05, 0) is 41.5 Å². The molecule has 3 rings (SSSR count). The number of aryl methyl sites for hydroxylation is 1. The number of carbonyl (C=O) groups excluding carboxylic acids is 1. The van der Waals surface area contributed by atoms with Crippen molar-refractivity contribution in [2.24, 2.45) is 5.92 Å². The average Bonchev–Trinajstić information content (AvgIpc) is 3.22. The number of esters is 1. The zero-order chi connectivity index (χ0) is 23.3. The molecule has 33 heavy (non-hydrogen) atoms. The standard InChI is InChI=1S/C31H44O2/c1-3-5-7-9-11-12-14-25-16-18-26(19-17-25)27-20-22-28(23-21-27)30-24-29(31(32)33-30)15-13-10-8-6-4-2/h16-23,29-30H,3-15,24H2,1-2H3. The number of ether oxygens (including phenoxy) is 1. The van der Waals surface area contributed by atoms with E-state index in [1.807, 2.05) is 0 Å². The summed E-state index contributed by atoms with van der Waals surface area (Å²) in [5, 5.41) is 0. The molecule has 1 aliphatic heterocycles. The van der Waals surface area contributed by atoms with E-state index in [1.54, 1.807) is 0 Å². The Labute approximate surface area is 202 Å². The molecule has 0 bridgehead atoms. The van der Waals surface area contributed by atoms with Crippen LogP contribution in [0.1, 0.15) is 115 Å². The zero-order valence-corrected chi connectivity index (χ0v) is 21.0. The minimum Gasteiger partial charge on any atom is -0.457 e. The Bertz CT molecular complexity index is 806. The second-order valence-corrected chi connectivity index (χ2v) is 9.90. The van der Waals surface area contributed by atoms with E-state index in [-0.39, 0.29) is 18.0 Å². The molecule has 1 heterocycles. The summed E-state index contributed by atoms with van der Waals surface area (Å²) in [7, 11) is 0. The lowest BCUT2D eigenvalue weighted by Crippen LogP contribution is -2.06. The molecule has 0 amide bonds. The maximum atomic E-state index is 12.3. The van der Waals surface area contributed by atoms with Crippen molar-refractivity contribution in [2.75, 3.05) is 0 Å². The smallest absolute Gasteiger partial charge is 0.309 e. The Kier molecular flexibility index (Phi) is 11.0. The van der Waals surface area contributed by atoms with Crippen LogP contribution in [0, 0.1) is 5.92 Å². The maximum absolute atomic E-state index is 12.3. The van der Waals surface area contributed by atoms with E-state index in [1.165, 1.54) is 87.3 Å². The number of rotatable bonds is 15. The second-order valence-electron chi connectivity index (χ2n) is 9.90. The third-order valence-corrected chi connectivity index (χ3v) is 7.14. The summed E-state index contributed by atoms with van der Waals surface area (Å²) >= 11 is 0. The molecule has 0 N–H and O–H groups in total. The number of cyclic esters (lactones) is 1. The first-order chi connectivity index (χ1) is 16.2. The van der Waals surface area contributed by atoms with Crippen LogP contribution in [-0.2, 0) is 16.0 Å². The molecule has 2 nitrogen and oxygen atoms in total. The Balaban J connectivity index is 1.45. The van der Waals surface area contributed by atoms with E-state index in [2.05, 4.69) is 62.4 Å². The van der Waals surface area contributed by atoms with Crippen molar-refractivity contribution in [3.63, 3.8) is 0 Å². The van der Waals surface area contributed by atoms with Crippen molar-refractivity contribution in [3.8, 4) is 11.1 Å². The predicted molar refractivity (Wildman–Crippen MR) is 139 cm³/mol. The lowest BCUT2D eigenvalue weighted by molar-refractivity contribution is -0.144. The normalized spacial score (nSPS) is 17.9. The molecular formula is C31H44O2. The van der Waals surface area contributed by atoms with E-state index in [4.69, 9.17) is 4.74 Å². The van der Waals surface area contributed by atoms with E-state index >= 15 is 0 Å². The minimum absolute atomic E-state index is 0.000482. The van der Waals surface area contributed by atoms with Crippen molar-refractivity contribution < 1.29 is 9.53 Å². The van der Waals surface area contributed by atoms with Crippen LogP contribution in [0.4, 0.5) is 0 Å². The monoisotopic (exact) mass is 448 g/mol. The Morgan fingerprint density at radius 2 is 1.24 bits per heavy atom. The van der Waals surface area contributed by atoms with Gasteiger partial charge in [0.25, 0.3) is 0 Å². The largest absolute Gasteiger partial charge is 0.457 e. The molecule has 1 saturated heterocycles. The third-order valence-electron chi connectivity index (χ3n) is 7.14. The van der Waals surface area contributed by atoms with Crippen molar-refractivity contribution in [1.29, 1.82) is 0 Å². The molecule has 2 atom stereocenters. The van der Waals surface area contributed by atoms with Crippen LogP contribution in [0.2, 0.25) is 0 Å². The highest BCUT2D eigenvalue weighted by Crippen LogP contribution is 2.36. The van der Waals surface area contributed by atoms with Gasteiger partial charge in [-0.15, -0.1) is 0 Å². The Morgan fingerprint density at radius 1 is 0.697 bits per heavy atom. The highest BCUT2D eigenvalue weighted by molar-refractivity contribution is 5.75. The van der Waals surface area contributed by atoms with E-state index in [0.29, 0.717) is 0 Å². The lowest BCUT2D eigenvalue weighted by atomic mass is 9.94. The van der Waals surface area contributed by atoms with Crippen molar-refractivity contribution in [2.45, 2.75) is 110 Å². The van der Waals surface area contributed by atoms with Crippen molar-refractivity contribution in [3.05, 3.63) is 59.7 Å². The van der Waals surface area contributed by atoms with Crippen LogP contribution < -0.4 is 0 Å². The highest BCUT2D eigenvalue weighted by Gasteiger charge is 2.34. The SMILES string of the molecule is CCCCCCCCc1ccc(-c2ccc(C3CC(CCCCCCC)C(=O)O3)cc2)cc1. The summed E-state index contributed by atoms with van der Waals surface area (Å²) < 4.78 is 5.73. The number of unbranched alkanes of at least 4 members (excludes halogenated alkanes) is 9. The van der Waals surface area contributed by atoms with Gasteiger partial charge < -0.3 is 4.74 Å². The molecule has 180 valence electrons. The molecule has 2 unspecified atom stereocenters. The fourth-order valence-electron chi connectivity index (χ4n) is 4.94. The Morgan fingerprint density at radius 3 is 1.88 bits per heavy atom. The van der Waals surface area contributed by atoms with Gasteiger partial charge in [0.15, 0.2) is 0 Å². The van der Waals surface area contributed by atoms with Gasteiger partial charge in [-0.1, -0.05) is 127 Å². The molecule has 1 aliphatic rings. The maximum Gasteiger partial charge on any atom is 0.309 e. The van der Waals surface area contributed by atoms with Gasteiger partial charge in [0.2, 0.25) is 0 Å². The summed E-state index contributed by atoms with van der Waals surface area (Å²) in [5.41, 5.74) is 5.04. The first kappa shape index (κ1) is 25.5. The van der Waals surface area contributed by atoms with Gasteiger partial charge in [-0.25, -0.2) is 0 Å². The van der Waals surface area contributed by atoms with Crippen LogP contribution in [-0.4, -0.2) is 5.97 Å². The number of hydrogen-bond donors (Lipinski definition) is 0.